The van der Waals surface area contributed by atoms with E-state index in [1.165, 1.54) is 0 Å². The number of aliphatic carboxylic acids is 1. The smallest absolute Gasteiger partial charge is 0.337 e. The van der Waals surface area contributed by atoms with Gasteiger partial charge in [0, 0.05) is 46.7 Å². The third-order valence-electron chi connectivity index (χ3n) is 7.68. The second-order valence-corrected chi connectivity index (χ2v) is 13.1. The molecule has 8 heteroatoms. The van der Waals surface area contributed by atoms with Crippen LogP contribution in [0.3, 0.4) is 0 Å². The Labute approximate surface area is 248 Å². The first-order chi connectivity index (χ1) is 19.2. The predicted molar refractivity (Wildman–Crippen MR) is 164 cm³/mol. The van der Waals surface area contributed by atoms with Gasteiger partial charge >= 0.3 is 5.97 Å². The summed E-state index contributed by atoms with van der Waals surface area (Å²) in [5.74, 6) is -0.428. The van der Waals surface area contributed by atoms with Crippen LogP contribution in [0.4, 0.5) is 5.69 Å². The minimum Gasteiger partial charge on any atom is -0.484 e. The zero-order chi connectivity index (χ0) is 30.1. The number of aryl methyl sites for hydroxylation is 2. The maximum atomic E-state index is 12.6. The van der Waals surface area contributed by atoms with E-state index in [-0.39, 0.29) is 11.5 Å². The Morgan fingerprint density at radius 2 is 1.73 bits per heavy atom. The Hall–Kier alpha value is -3.16. The van der Waals surface area contributed by atoms with E-state index in [4.69, 9.17) is 26.1 Å². The summed E-state index contributed by atoms with van der Waals surface area (Å²) in [6.07, 6.45) is 4.04. The van der Waals surface area contributed by atoms with Crippen molar-refractivity contribution in [2.24, 2.45) is 5.41 Å². The topological polar surface area (TPSA) is 84.8 Å². The molecule has 0 aliphatic carbocycles. The van der Waals surface area contributed by atoms with Crippen LogP contribution in [-0.4, -0.2) is 39.7 Å². The van der Waals surface area contributed by atoms with E-state index in [1.807, 2.05) is 71.9 Å². The Morgan fingerprint density at radius 1 is 1.05 bits per heavy atom. The Kier molecular flexibility index (Phi) is 9.00. The SMILES string of the molecule is Cc1cccc(Cl)c1[C@H](C)Oc1ccc(-c2cnc(C)c([C@H](OC(C)(C)C)C(=O)O)c2N2CCC(C)(C)CC2)nc1. The third kappa shape index (κ3) is 7.19. The lowest BCUT2D eigenvalue weighted by molar-refractivity contribution is -0.160. The molecule has 1 aromatic carbocycles. The summed E-state index contributed by atoms with van der Waals surface area (Å²) < 4.78 is 12.4. The van der Waals surface area contributed by atoms with Gasteiger partial charge in [-0.15, -0.1) is 0 Å². The molecule has 1 N–H and O–H groups in total. The van der Waals surface area contributed by atoms with Crippen LogP contribution in [0.5, 0.6) is 5.75 Å². The highest BCUT2D eigenvalue weighted by atomic mass is 35.5. The molecule has 1 aliphatic heterocycles. The van der Waals surface area contributed by atoms with Crippen LogP contribution in [0, 0.1) is 19.3 Å². The van der Waals surface area contributed by atoms with E-state index in [2.05, 4.69) is 23.7 Å². The average Bonchev–Trinajstić information content (AvgIpc) is 2.87. The van der Waals surface area contributed by atoms with Crippen LogP contribution < -0.4 is 9.64 Å². The highest BCUT2D eigenvalue weighted by molar-refractivity contribution is 6.31. The van der Waals surface area contributed by atoms with E-state index >= 15 is 0 Å². The number of ether oxygens (including phenoxy) is 2. The van der Waals surface area contributed by atoms with E-state index in [0.29, 0.717) is 27.7 Å². The lowest BCUT2D eigenvalue weighted by Crippen LogP contribution is -2.39. The fourth-order valence-corrected chi connectivity index (χ4v) is 5.78. The number of halogens is 1. The molecule has 4 rings (SSSR count). The van der Waals surface area contributed by atoms with Gasteiger partial charge in [-0.1, -0.05) is 37.6 Å². The Bertz CT molecular complexity index is 1370. The molecular formula is C33H42ClN3O4. The first-order valence-electron chi connectivity index (χ1n) is 14.2. The first kappa shape index (κ1) is 30.8. The number of nitrogens with zero attached hydrogens (tertiary/aromatic N) is 3. The van der Waals surface area contributed by atoms with Crippen molar-refractivity contribution in [3.8, 4) is 17.0 Å². The van der Waals surface area contributed by atoms with Crippen LogP contribution in [0.1, 0.15) is 89.0 Å². The highest BCUT2D eigenvalue weighted by Gasteiger charge is 2.36. The van der Waals surface area contributed by atoms with E-state index < -0.39 is 17.7 Å². The van der Waals surface area contributed by atoms with Crippen molar-refractivity contribution >= 4 is 23.3 Å². The zero-order valence-electron chi connectivity index (χ0n) is 25.4. The van der Waals surface area contributed by atoms with Gasteiger partial charge in [-0.2, -0.15) is 0 Å². The van der Waals surface area contributed by atoms with E-state index in [1.54, 1.807) is 12.4 Å². The van der Waals surface area contributed by atoms with Gasteiger partial charge in [-0.25, -0.2) is 4.79 Å². The number of carboxylic acid groups (broad SMARTS) is 1. The van der Waals surface area contributed by atoms with Gasteiger partial charge in [0.05, 0.1) is 23.2 Å². The van der Waals surface area contributed by atoms with Gasteiger partial charge in [0.25, 0.3) is 0 Å². The molecule has 41 heavy (non-hydrogen) atoms. The van der Waals surface area contributed by atoms with Crippen LogP contribution in [0.2, 0.25) is 5.02 Å². The predicted octanol–water partition coefficient (Wildman–Crippen LogP) is 8.12. The molecule has 0 unspecified atom stereocenters. The Morgan fingerprint density at radius 3 is 2.29 bits per heavy atom. The molecule has 1 aliphatic rings. The van der Waals surface area contributed by atoms with Crippen molar-refractivity contribution < 1.29 is 19.4 Å². The van der Waals surface area contributed by atoms with Gasteiger partial charge in [-0.3, -0.25) is 9.97 Å². The number of benzene rings is 1. The summed E-state index contributed by atoms with van der Waals surface area (Å²) in [6, 6.07) is 9.59. The maximum Gasteiger partial charge on any atom is 0.337 e. The van der Waals surface area contributed by atoms with Gasteiger partial charge in [0.15, 0.2) is 6.10 Å². The van der Waals surface area contributed by atoms with Gasteiger partial charge in [0.1, 0.15) is 11.9 Å². The maximum absolute atomic E-state index is 12.6. The third-order valence-corrected chi connectivity index (χ3v) is 8.01. The molecule has 1 saturated heterocycles. The monoisotopic (exact) mass is 579 g/mol. The molecule has 0 radical (unpaired) electrons. The number of carboxylic acids is 1. The van der Waals surface area contributed by atoms with Crippen molar-refractivity contribution in [1.82, 2.24) is 9.97 Å². The minimum atomic E-state index is -1.17. The standard InChI is InChI=1S/C33H42ClN3O4/c1-20-10-9-11-25(34)27(20)22(3)40-23-12-13-26(36-18-23)24-19-35-21(2)28(30(31(38)39)41-32(4,5)6)29(24)37-16-14-33(7,8)15-17-37/h9-13,18-19,22,30H,14-17H2,1-8H3,(H,38,39)/t22-,30-/m0/s1. The second kappa shape index (κ2) is 12.0. The summed E-state index contributed by atoms with van der Waals surface area (Å²) in [7, 11) is 0. The number of piperidine rings is 1. The molecule has 3 aromatic rings. The van der Waals surface area contributed by atoms with Gasteiger partial charge < -0.3 is 19.5 Å². The summed E-state index contributed by atoms with van der Waals surface area (Å²) in [5, 5.41) is 11.0. The fraction of sp³-hybridized carbons (Fsp3) is 0.485. The van der Waals surface area contributed by atoms with Crippen LogP contribution in [0.15, 0.2) is 42.7 Å². The zero-order valence-corrected chi connectivity index (χ0v) is 26.2. The molecule has 1 fully saturated rings. The molecule has 0 bridgehead atoms. The summed E-state index contributed by atoms with van der Waals surface area (Å²) in [4.78, 5) is 24.3. The molecule has 0 amide bonds. The summed E-state index contributed by atoms with van der Waals surface area (Å²) in [6.45, 7) is 17.6. The van der Waals surface area contributed by atoms with Crippen molar-refractivity contribution in [3.63, 3.8) is 0 Å². The molecule has 7 nitrogen and oxygen atoms in total. The van der Waals surface area contributed by atoms with Crippen molar-refractivity contribution in [2.45, 2.75) is 86.0 Å². The van der Waals surface area contributed by atoms with Crippen LogP contribution in [0.25, 0.3) is 11.3 Å². The van der Waals surface area contributed by atoms with Crippen molar-refractivity contribution in [3.05, 3.63) is 70.1 Å². The summed E-state index contributed by atoms with van der Waals surface area (Å²) in [5.41, 5.74) is 5.06. The molecule has 3 heterocycles. The second-order valence-electron chi connectivity index (χ2n) is 12.7. The number of hydrogen-bond acceptors (Lipinski definition) is 6. The molecule has 0 saturated carbocycles. The average molecular weight is 580 g/mol. The van der Waals surface area contributed by atoms with Crippen LogP contribution >= 0.6 is 11.6 Å². The number of pyridine rings is 2. The molecule has 220 valence electrons. The number of hydrogen-bond donors (Lipinski definition) is 1. The molecule has 0 spiro atoms. The minimum absolute atomic E-state index is 0.223. The lowest BCUT2D eigenvalue weighted by Gasteiger charge is -2.40. The number of carbonyl (C=O) groups is 1. The van der Waals surface area contributed by atoms with Crippen LogP contribution in [-0.2, 0) is 9.53 Å². The first-order valence-corrected chi connectivity index (χ1v) is 14.6. The Balaban J connectivity index is 1.76. The van der Waals surface area contributed by atoms with Gasteiger partial charge in [-0.05, 0) is 83.6 Å². The normalized spacial score (nSPS) is 16.8. The number of anilines is 1. The van der Waals surface area contributed by atoms with Crippen molar-refractivity contribution in [1.29, 1.82) is 0 Å². The number of aromatic nitrogens is 2. The quantitative estimate of drug-likeness (QED) is 0.288. The van der Waals surface area contributed by atoms with Crippen molar-refractivity contribution in [2.75, 3.05) is 18.0 Å². The van der Waals surface area contributed by atoms with Gasteiger partial charge in [0.2, 0.25) is 0 Å². The lowest BCUT2D eigenvalue weighted by atomic mass is 9.82. The molecular weight excluding hydrogens is 538 g/mol. The van der Waals surface area contributed by atoms with E-state index in [0.717, 1.165) is 48.3 Å². The fourth-order valence-electron chi connectivity index (χ4n) is 5.40. The number of rotatable bonds is 8. The largest absolute Gasteiger partial charge is 0.484 e. The molecule has 2 aromatic heterocycles. The highest BCUT2D eigenvalue weighted by Crippen LogP contribution is 2.43. The van der Waals surface area contributed by atoms with E-state index in [9.17, 15) is 9.90 Å². The molecule has 2 atom stereocenters. The summed E-state index contributed by atoms with van der Waals surface area (Å²) >= 11 is 6.46.